The van der Waals surface area contributed by atoms with Crippen LogP contribution in [0.15, 0.2) is 83.7 Å². The predicted molar refractivity (Wildman–Crippen MR) is 157 cm³/mol. The number of benzene rings is 3. The standard InChI is InChI=1S/C33H26N2O4S/c1-5-9-17(3)28-19(16-36)13-25-31-29(28)18(4)20(10-6-2)30-21-14-27(37)33(34-23-11-7-8-12-24(23)35-33)22(21)15-26(32(30)31)40(25,38)39/h5-13,15-16,18,34-35H,1-2,14H2,3-4H3/b17-9-,20-10-. The number of carbonyl (C=O) groups excluding carboxylic acids is 2. The van der Waals surface area contributed by atoms with Gasteiger partial charge in [0.1, 0.15) is 0 Å². The lowest BCUT2D eigenvalue weighted by Gasteiger charge is -2.32. The van der Waals surface area contributed by atoms with Crippen molar-refractivity contribution < 1.29 is 18.0 Å². The van der Waals surface area contributed by atoms with Gasteiger partial charge in [-0.3, -0.25) is 9.59 Å². The molecule has 0 saturated heterocycles. The number of para-hydroxylation sites is 2. The molecule has 1 spiro atoms. The van der Waals surface area contributed by atoms with E-state index in [9.17, 15) is 18.0 Å². The van der Waals surface area contributed by atoms with Crippen molar-refractivity contribution in [3.63, 3.8) is 0 Å². The number of rotatable bonds is 4. The second-order valence-corrected chi connectivity index (χ2v) is 12.6. The van der Waals surface area contributed by atoms with E-state index in [1.165, 1.54) is 6.07 Å². The number of allylic oxidation sites excluding steroid dienone is 6. The van der Waals surface area contributed by atoms with E-state index in [0.29, 0.717) is 27.8 Å². The first-order chi connectivity index (χ1) is 19.2. The van der Waals surface area contributed by atoms with Crippen LogP contribution in [0.1, 0.15) is 57.9 Å². The molecular formula is C33H26N2O4S. The first kappa shape index (κ1) is 24.5. The minimum absolute atomic E-state index is 0.0746. The summed E-state index contributed by atoms with van der Waals surface area (Å²) in [6.07, 6.45) is 7.95. The second kappa shape index (κ2) is 8.02. The molecular weight excluding hydrogens is 520 g/mol. The van der Waals surface area contributed by atoms with Crippen molar-refractivity contribution in [2.75, 3.05) is 10.6 Å². The van der Waals surface area contributed by atoms with Crippen molar-refractivity contribution in [2.24, 2.45) is 0 Å². The summed E-state index contributed by atoms with van der Waals surface area (Å²) in [6, 6.07) is 10.7. The maximum Gasteiger partial charge on any atom is 0.207 e. The zero-order valence-electron chi connectivity index (χ0n) is 22.1. The largest absolute Gasteiger partial charge is 0.351 e. The number of sulfone groups is 1. The third kappa shape index (κ3) is 2.80. The SMILES string of the molecule is C=C/C=C(/C)c1c(C=O)cc2c3c1C(C)/C(=C/C=C)c1c4c(cc(c1-3)S2(=O)=O)C1(Nc2ccccc2N1)C(=O)C4. The Hall–Kier alpha value is -4.49. The van der Waals surface area contributed by atoms with Crippen molar-refractivity contribution in [1.29, 1.82) is 0 Å². The zero-order chi connectivity index (χ0) is 28.1. The summed E-state index contributed by atoms with van der Waals surface area (Å²) in [5.74, 6) is -0.349. The lowest BCUT2D eigenvalue weighted by Crippen LogP contribution is -2.43. The predicted octanol–water partition coefficient (Wildman–Crippen LogP) is 6.40. The summed E-state index contributed by atoms with van der Waals surface area (Å²) >= 11 is 0. The Morgan fingerprint density at radius 1 is 1.02 bits per heavy atom. The van der Waals surface area contributed by atoms with Gasteiger partial charge in [-0.15, -0.1) is 0 Å². The van der Waals surface area contributed by atoms with Gasteiger partial charge in [-0.25, -0.2) is 8.42 Å². The Morgan fingerprint density at radius 2 is 1.70 bits per heavy atom. The maximum absolute atomic E-state index is 14.2. The molecule has 6 nitrogen and oxygen atoms in total. The molecule has 2 aliphatic carbocycles. The molecule has 198 valence electrons. The molecule has 0 aromatic heterocycles. The zero-order valence-corrected chi connectivity index (χ0v) is 22.9. The third-order valence-electron chi connectivity index (χ3n) is 8.69. The average molecular weight is 547 g/mol. The van der Waals surface area contributed by atoms with E-state index in [2.05, 4.69) is 23.8 Å². The molecule has 0 radical (unpaired) electrons. The highest BCUT2D eigenvalue weighted by Crippen LogP contribution is 2.61. The molecule has 4 aliphatic rings. The van der Waals surface area contributed by atoms with Crippen LogP contribution in [-0.4, -0.2) is 20.5 Å². The van der Waals surface area contributed by atoms with Gasteiger partial charge >= 0.3 is 0 Å². The van der Waals surface area contributed by atoms with Gasteiger partial charge < -0.3 is 10.6 Å². The van der Waals surface area contributed by atoms with E-state index in [0.717, 1.165) is 45.5 Å². The van der Waals surface area contributed by atoms with Crippen molar-refractivity contribution in [3.8, 4) is 11.1 Å². The summed E-state index contributed by atoms with van der Waals surface area (Å²) in [6.45, 7) is 11.7. The molecule has 3 aromatic carbocycles. The van der Waals surface area contributed by atoms with Gasteiger partial charge in [-0.1, -0.05) is 56.5 Å². The van der Waals surface area contributed by atoms with E-state index in [1.807, 2.05) is 50.3 Å². The van der Waals surface area contributed by atoms with Crippen LogP contribution in [0, 0.1) is 0 Å². The average Bonchev–Trinajstić information content (AvgIpc) is 3.53. The molecule has 0 amide bonds. The van der Waals surface area contributed by atoms with Crippen molar-refractivity contribution in [1.82, 2.24) is 0 Å². The van der Waals surface area contributed by atoms with Crippen LogP contribution in [-0.2, 0) is 26.7 Å². The van der Waals surface area contributed by atoms with Crippen molar-refractivity contribution >= 4 is 44.4 Å². The molecule has 1 atom stereocenters. The van der Waals surface area contributed by atoms with E-state index in [1.54, 1.807) is 18.2 Å². The molecule has 0 fully saturated rings. The molecule has 2 aliphatic heterocycles. The number of anilines is 2. The fraction of sp³-hybridized carbons (Fsp3) is 0.152. The lowest BCUT2D eigenvalue weighted by molar-refractivity contribution is -0.121. The number of hydrogen-bond donors (Lipinski definition) is 2. The van der Waals surface area contributed by atoms with Crippen LogP contribution < -0.4 is 10.6 Å². The second-order valence-electron chi connectivity index (χ2n) is 10.7. The lowest BCUT2D eigenvalue weighted by atomic mass is 9.70. The van der Waals surface area contributed by atoms with Crippen molar-refractivity contribution in [2.45, 2.75) is 41.6 Å². The summed E-state index contributed by atoms with van der Waals surface area (Å²) in [7, 11) is -3.99. The van der Waals surface area contributed by atoms with Crippen LogP contribution in [0.3, 0.4) is 0 Å². The highest BCUT2D eigenvalue weighted by Gasteiger charge is 2.54. The number of nitrogens with one attached hydrogen (secondary N) is 2. The first-order valence-corrected chi connectivity index (χ1v) is 14.6. The smallest absolute Gasteiger partial charge is 0.207 e. The highest BCUT2D eigenvalue weighted by molar-refractivity contribution is 7.92. The molecule has 0 bridgehead atoms. The summed E-state index contributed by atoms with van der Waals surface area (Å²) in [5.41, 5.74) is 7.26. The van der Waals surface area contributed by atoms with Gasteiger partial charge in [0, 0.05) is 34.6 Å². The molecule has 7 heteroatoms. The molecule has 3 aromatic rings. The van der Waals surface area contributed by atoms with Gasteiger partial charge in [0.05, 0.1) is 21.2 Å². The van der Waals surface area contributed by atoms with E-state index < -0.39 is 15.5 Å². The van der Waals surface area contributed by atoms with Crippen LogP contribution >= 0.6 is 0 Å². The highest BCUT2D eigenvalue weighted by atomic mass is 32.2. The topological polar surface area (TPSA) is 92.3 Å². The van der Waals surface area contributed by atoms with E-state index in [4.69, 9.17) is 0 Å². The molecule has 1 unspecified atom stereocenters. The summed E-state index contributed by atoms with van der Waals surface area (Å²) < 4.78 is 28.5. The quantitative estimate of drug-likeness (QED) is 0.227. The number of hydrogen-bond acceptors (Lipinski definition) is 6. The minimum Gasteiger partial charge on any atom is -0.351 e. The Kier molecular flexibility index (Phi) is 4.92. The fourth-order valence-corrected chi connectivity index (χ4v) is 8.84. The summed E-state index contributed by atoms with van der Waals surface area (Å²) in [4.78, 5) is 26.5. The summed E-state index contributed by atoms with van der Waals surface area (Å²) in [5, 5.41) is 6.76. The van der Waals surface area contributed by atoms with Crippen molar-refractivity contribution in [3.05, 3.63) is 107 Å². The van der Waals surface area contributed by atoms with Gasteiger partial charge in [0.25, 0.3) is 0 Å². The normalized spacial score (nSPS) is 20.9. The fourth-order valence-electron chi connectivity index (χ4n) is 7.09. The Balaban J connectivity index is 1.63. The van der Waals surface area contributed by atoms with E-state index in [-0.39, 0.29) is 27.9 Å². The number of fused-ring (bicyclic) bond motifs is 4. The van der Waals surface area contributed by atoms with Crippen LogP contribution in [0.5, 0.6) is 0 Å². The molecule has 2 heterocycles. The minimum atomic E-state index is -3.99. The number of ketones is 1. The Labute approximate surface area is 232 Å². The number of carbonyl (C=O) groups is 2. The monoisotopic (exact) mass is 546 g/mol. The first-order valence-electron chi connectivity index (χ1n) is 13.1. The van der Waals surface area contributed by atoms with E-state index >= 15 is 0 Å². The van der Waals surface area contributed by atoms with Gasteiger partial charge in [0.2, 0.25) is 9.84 Å². The Morgan fingerprint density at radius 3 is 2.33 bits per heavy atom. The Bertz CT molecular complexity index is 1920. The molecule has 0 saturated carbocycles. The molecule has 2 N–H and O–H groups in total. The van der Waals surface area contributed by atoms with Gasteiger partial charge in [-0.05, 0) is 64.6 Å². The maximum atomic E-state index is 14.2. The molecule has 40 heavy (non-hydrogen) atoms. The number of Topliss-reactive ketones (excluding diaryl/α,β-unsaturated/α-hetero) is 1. The van der Waals surface area contributed by atoms with Crippen LogP contribution in [0.2, 0.25) is 0 Å². The van der Waals surface area contributed by atoms with Gasteiger partial charge in [0.15, 0.2) is 17.7 Å². The van der Waals surface area contributed by atoms with Crippen LogP contribution in [0.25, 0.3) is 22.3 Å². The third-order valence-corrected chi connectivity index (χ3v) is 10.5. The molecule has 7 rings (SSSR count). The van der Waals surface area contributed by atoms with Crippen LogP contribution in [0.4, 0.5) is 11.4 Å². The van der Waals surface area contributed by atoms with Gasteiger partial charge in [-0.2, -0.15) is 0 Å². The number of aldehydes is 1.